The third kappa shape index (κ3) is 2.92. The van der Waals surface area contributed by atoms with E-state index in [4.69, 9.17) is 4.84 Å². The second-order valence-corrected chi connectivity index (χ2v) is 6.94. The Morgan fingerprint density at radius 1 is 1.32 bits per heavy atom. The van der Waals surface area contributed by atoms with Gasteiger partial charge in [0.05, 0.1) is 11.4 Å². The fourth-order valence-corrected chi connectivity index (χ4v) is 3.39. The maximum atomic E-state index is 12.8. The topological polar surface area (TPSA) is 70.6 Å². The Bertz CT molecular complexity index is 810. The first-order chi connectivity index (χ1) is 12.1. The van der Waals surface area contributed by atoms with Gasteiger partial charge in [-0.2, -0.15) is 5.10 Å². The zero-order chi connectivity index (χ0) is 17.4. The minimum atomic E-state index is -0.481. The molecule has 6 heteroatoms. The third-order valence-corrected chi connectivity index (χ3v) is 4.93. The zero-order valence-corrected chi connectivity index (χ0v) is 14.5. The van der Waals surface area contributed by atoms with E-state index in [1.54, 1.807) is 0 Å². The molecule has 2 aliphatic rings. The molecule has 25 heavy (non-hydrogen) atoms. The Balaban J connectivity index is 1.52. The van der Waals surface area contributed by atoms with E-state index < -0.39 is 6.10 Å². The van der Waals surface area contributed by atoms with Crippen molar-refractivity contribution in [2.24, 2.45) is 11.1 Å². The second-order valence-electron chi connectivity index (χ2n) is 6.94. The van der Waals surface area contributed by atoms with Gasteiger partial charge >= 0.3 is 0 Å². The molecule has 0 fully saturated rings. The molecule has 0 spiro atoms. The monoisotopic (exact) mass is 338 g/mol. The number of carbonyl (C=O) groups is 1. The number of H-pyrrole nitrogens is 1. The summed E-state index contributed by atoms with van der Waals surface area (Å²) >= 11 is 0. The molecule has 1 aromatic heterocycles. The largest absolute Gasteiger partial charge is 0.382 e. The first-order valence-corrected chi connectivity index (χ1v) is 8.76. The normalized spacial score (nSPS) is 19.6. The molecular formula is C19H22N4O2. The Morgan fingerprint density at radius 2 is 2.12 bits per heavy atom. The summed E-state index contributed by atoms with van der Waals surface area (Å²) in [5.41, 5.74) is 5.18. The number of nitrogens with one attached hydrogen (secondary N) is 1. The highest BCUT2D eigenvalue weighted by atomic mass is 16.6. The molecule has 6 nitrogen and oxygen atoms in total. The number of nitrogens with zero attached hydrogens (tertiary/aromatic N) is 3. The standard InChI is InChI=1S/C19H22N4O2/c1-12(2)16-10-17(25-22-16)19(24)23-9-8-15-14(11-23)18(21-20-15)13-6-4-3-5-7-13/h3-7,12,17H,8-11H2,1-2H3,(H,20,21). The average Bonchev–Trinajstić information content (AvgIpc) is 3.28. The number of hydrogen-bond acceptors (Lipinski definition) is 4. The molecule has 1 amide bonds. The summed E-state index contributed by atoms with van der Waals surface area (Å²) in [7, 11) is 0. The summed E-state index contributed by atoms with van der Waals surface area (Å²) in [4.78, 5) is 20.1. The van der Waals surface area contributed by atoms with E-state index in [2.05, 4.69) is 29.2 Å². The second kappa shape index (κ2) is 6.35. The predicted octanol–water partition coefficient (Wildman–Crippen LogP) is 2.76. The molecule has 1 atom stereocenters. The number of oxime groups is 1. The molecule has 1 unspecified atom stereocenters. The van der Waals surface area contributed by atoms with Crippen LogP contribution in [-0.4, -0.2) is 39.4 Å². The van der Waals surface area contributed by atoms with Crippen molar-refractivity contribution in [3.05, 3.63) is 41.6 Å². The van der Waals surface area contributed by atoms with Crippen molar-refractivity contribution in [1.82, 2.24) is 15.1 Å². The molecule has 2 aromatic rings. The molecule has 0 bridgehead atoms. The number of rotatable bonds is 3. The fourth-order valence-electron chi connectivity index (χ4n) is 3.39. The van der Waals surface area contributed by atoms with Gasteiger partial charge in [-0.3, -0.25) is 9.89 Å². The SMILES string of the molecule is CC(C)C1=NOC(C(=O)N2CCc3[nH]nc(-c4ccccc4)c3C2)C1. The van der Waals surface area contributed by atoms with Crippen LogP contribution in [0.2, 0.25) is 0 Å². The maximum absolute atomic E-state index is 12.8. The summed E-state index contributed by atoms with van der Waals surface area (Å²) in [6, 6.07) is 10.1. The number of hydrogen-bond donors (Lipinski definition) is 1. The van der Waals surface area contributed by atoms with Crippen LogP contribution in [0.1, 0.15) is 31.5 Å². The first-order valence-electron chi connectivity index (χ1n) is 8.76. The van der Waals surface area contributed by atoms with Crippen molar-refractivity contribution >= 4 is 11.6 Å². The molecule has 1 aromatic carbocycles. The predicted molar refractivity (Wildman–Crippen MR) is 94.9 cm³/mol. The van der Waals surface area contributed by atoms with Crippen LogP contribution in [0.4, 0.5) is 0 Å². The summed E-state index contributed by atoms with van der Waals surface area (Å²) in [5, 5.41) is 11.7. The van der Waals surface area contributed by atoms with Crippen LogP contribution < -0.4 is 0 Å². The first kappa shape index (κ1) is 15.9. The minimum absolute atomic E-state index is 0.0188. The molecule has 0 saturated heterocycles. The molecule has 0 saturated carbocycles. The van der Waals surface area contributed by atoms with Crippen LogP contribution >= 0.6 is 0 Å². The molecule has 1 N–H and O–H groups in total. The number of benzene rings is 1. The number of fused-ring (bicyclic) bond motifs is 1. The molecule has 4 rings (SSSR count). The molecular weight excluding hydrogens is 316 g/mol. The minimum Gasteiger partial charge on any atom is -0.382 e. The van der Waals surface area contributed by atoms with E-state index in [-0.39, 0.29) is 5.91 Å². The molecule has 3 heterocycles. The van der Waals surface area contributed by atoms with E-state index in [0.717, 1.165) is 34.6 Å². The Hall–Kier alpha value is -2.63. The van der Waals surface area contributed by atoms with Crippen LogP contribution in [-0.2, 0) is 22.6 Å². The highest BCUT2D eigenvalue weighted by Crippen LogP contribution is 2.29. The highest BCUT2D eigenvalue weighted by Gasteiger charge is 2.35. The number of aromatic nitrogens is 2. The van der Waals surface area contributed by atoms with Crippen LogP contribution in [0.5, 0.6) is 0 Å². The maximum Gasteiger partial charge on any atom is 0.267 e. The van der Waals surface area contributed by atoms with E-state index in [9.17, 15) is 4.79 Å². The molecule has 2 aliphatic heterocycles. The molecule has 0 aliphatic carbocycles. The van der Waals surface area contributed by atoms with E-state index >= 15 is 0 Å². The summed E-state index contributed by atoms with van der Waals surface area (Å²) in [6.07, 6.45) is 0.897. The van der Waals surface area contributed by atoms with Crippen LogP contribution in [0.15, 0.2) is 35.5 Å². The van der Waals surface area contributed by atoms with Gasteiger partial charge in [0.2, 0.25) is 6.10 Å². The highest BCUT2D eigenvalue weighted by molar-refractivity contribution is 5.94. The lowest BCUT2D eigenvalue weighted by Crippen LogP contribution is -2.42. The Morgan fingerprint density at radius 3 is 2.84 bits per heavy atom. The lowest BCUT2D eigenvalue weighted by atomic mass is 9.99. The summed E-state index contributed by atoms with van der Waals surface area (Å²) in [5.74, 6) is 0.328. The molecule has 130 valence electrons. The van der Waals surface area contributed by atoms with Gasteiger partial charge in [0, 0.05) is 42.8 Å². The van der Waals surface area contributed by atoms with Crippen LogP contribution in [0.25, 0.3) is 11.3 Å². The van der Waals surface area contributed by atoms with E-state index in [1.165, 1.54) is 0 Å². The van der Waals surface area contributed by atoms with Crippen molar-refractivity contribution in [3.63, 3.8) is 0 Å². The lowest BCUT2D eigenvalue weighted by molar-refractivity contribution is -0.143. The quantitative estimate of drug-likeness (QED) is 0.935. The summed E-state index contributed by atoms with van der Waals surface area (Å²) in [6.45, 7) is 5.38. The Labute approximate surface area is 146 Å². The Kier molecular flexibility index (Phi) is 4.03. The third-order valence-electron chi connectivity index (χ3n) is 4.93. The lowest BCUT2D eigenvalue weighted by Gasteiger charge is -2.28. The van der Waals surface area contributed by atoms with Gasteiger partial charge in [-0.25, -0.2) is 0 Å². The van der Waals surface area contributed by atoms with Crippen molar-refractivity contribution in [2.75, 3.05) is 6.54 Å². The van der Waals surface area contributed by atoms with Gasteiger partial charge < -0.3 is 9.74 Å². The van der Waals surface area contributed by atoms with Crippen molar-refractivity contribution < 1.29 is 9.63 Å². The fraction of sp³-hybridized carbons (Fsp3) is 0.421. The van der Waals surface area contributed by atoms with Crippen molar-refractivity contribution in [2.45, 2.75) is 39.3 Å². The number of aromatic amines is 1. The van der Waals surface area contributed by atoms with Gasteiger partial charge in [0.1, 0.15) is 0 Å². The van der Waals surface area contributed by atoms with Gasteiger partial charge in [-0.15, -0.1) is 0 Å². The van der Waals surface area contributed by atoms with E-state index in [0.29, 0.717) is 25.4 Å². The number of amides is 1. The smallest absolute Gasteiger partial charge is 0.267 e. The average molecular weight is 338 g/mol. The number of carbonyl (C=O) groups excluding carboxylic acids is 1. The van der Waals surface area contributed by atoms with Crippen LogP contribution in [0.3, 0.4) is 0 Å². The van der Waals surface area contributed by atoms with Crippen LogP contribution in [0, 0.1) is 5.92 Å². The van der Waals surface area contributed by atoms with Gasteiger partial charge in [-0.05, 0) is 5.92 Å². The molecule has 0 radical (unpaired) electrons. The van der Waals surface area contributed by atoms with Crippen molar-refractivity contribution in [1.29, 1.82) is 0 Å². The van der Waals surface area contributed by atoms with Crippen molar-refractivity contribution in [3.8, 4) is 11.3 Å². The summed E-state index contributed by atoms with van der Waals surface area (Å²) < 4.78 is 0. The van der Waals surface area contributed by atoms with Gasteiger partial charge in [0.15, 0.2) is 0 Å². The van der Waals surface area contributed by atoms with E-state index in [1.807, 2.05) is 35.2 Å². The van der Waals surface area contributed by atoms with Gasteiger partial charge in [-0.1, -0.05) is 49.3 Å². The zero-order valence-electron chi connectivity index (χ0n) is 14.5. The van der Waals surface area contributed by atoms with Gasteiger partial charge in [0.25, 0.3) is 5.91 Å².